The Hall–Kier alpha value is -3.67. The molecular weight excluding hydrogens is 426 g/mol. The molecule has 6 heteroatoms. The maximum absolute atomic E-state index is 12.9. The van der Waals surface area contributed by atoms with Crippen molar-refractivity contribution in [2.24, 2.45) is 0 Å². The second-order valence-electron chi connectivity index (χ2n) is 9.73. The fraction of sp³-hybridized carbons (Fsp3) is 0.321. The number of ether oxygens (including phenoxy) is 1. The first-order valence-electron chi connectivity index (χ1n) is 11.6. The molecule has 1 aliphatic rings. The highest BCUT2D eigenvalue weighted by atomic mass is 16.5. The molecule has 4 rings (SSSR count). The Morgan fingerprint density at radius 2 is 1.76 bits per heavy atom. The summed E-state index contributed by atoms with van der Waals surface area (Å²) in [6.07, 6.45) is 4.10. The van der Waals surface area contributed by atoms with Crippen LogP contribution in [0.2, 0.25) is 0 Å². The van der Waals surface area contributed by atoms with Crippen molar-refractivity contribution < 1.29 is 14.3 Å². The van der Waals surface area contributed by atoms with Crippen LogP contribution in [-0.2, 0) is 18.3 Å². The quantitative estimate of drug-likeness (QED) is 0.576. The van der Waals surface area contributed by atoms with Gasteiger partial charge in [0, 0.05) is 30.9 Å². The third kappa shape index (κ3) is 5.45. The monoisotopic (exact) mass is 457 g/mol. The molecule has 0 aliphatic heterocycles. The summed E-state index contributed by atoms with van der Waals surface area (Å²) in [5.41, 5.74) is 4.57. The van der Waals surface area contributed by atoms with E-state index in [0.29, 0.717) is 22.8 Å². The minimum Gasteiger partial charge on any atom is -0.457 e. The molecule has 1 aromatic heterocycles. The topological polar surface area (TPSA) is 80.3 Å². The summed E-state index contributed by atoms with van der Waals surface area (Å²) in [5.74, 6) is 0.943. The minimum atomic E-state index is -0.262. The van der Waals surface area contributed by atoms with Crippen LogP contribution < -0.4 is 15.4 Å². The fourth-order valence-corrected chi connectivity index (χ4v) is 4.18. The van der Waals surface area contributed by atoms with Gasteiger partial charge in [0.2, 0.25) is 0 Å². The molecule has 176 valence electrons. The maximum atomic E-state index is 12.9. The summed E-state index contributed by atoms with van der Waals surface area (Å²) >= 11 is 0. The number of carbonyl (C=O) groups is 2. The van der Waals surface area contributed by atoms with Gasteiger partial charge in [-0.1, -0.05) is 39.0 Å². The Bertz CT molecular complexity index is 1210. The summed E-state index contributed by atoms with van der Waals surface area (Å²) in [6.45, 7) is 6.44. The Kier molecular flexibility index (Phi) is 6.68. The normalized spacial score (nSPS) is 15.2. The van der Waals surface area contributed by atoms with Gasteiger partial charge in [-0.2, -0.15) is 0 Å². The molecule has 1 atom stereocenters. The summed E-state index contributed by atoms with van der Waals surface area (Å²) in [4.78, 5) is 28.9. The second kappa shape index (κ2) is 9.67. The zero-order valence-electron chi connectivity index (χ0n) is 20.1. The Morgan fingerprint density at radius 1 is 0.971 bits per heavy atom. The second-order valence-corrected chi connectivity index (χ2v) is 9.73. The summed E-state index contributed by atoms with van der Waals surface area (Å²) in [5, 5.41) is 5.78. The van der Waals surface area contributed by atoms with Gasteiger partial charge in [0.25, 0.3) is 11.8 Å². The van der Waals surface area contributed by atoms with Crippen LogP contribution in [0.15, 0.2) is 60.8 Å². The number of aryl methyl sites for hydroxylation is 1. The van der Waals surface area contributed by atoms with Crippen molar-refractivity contribution in [2.75, 3.05) is 7.05 Å². The van der Waals surface area contributed by atoms with E-state index in [4.69, 9.17) is 4.74 Å². The van der Waals surface area contributed by atoms with Gasteiger partial charge in [-0.05, 0) is 71.7 Å². The molecule has 0 saturated heterocycles. The Labute approximate surface area is 200 Å². The van der Waals surface area contributed by atoms with Crippen LogP contribution in [0.3, 0.4) is 0 Å². The van der Waals surface area contributed by atoms with E-state index in [1.807, 2.05) is 30.3 Å². The van der Waals surface area contributed by atoms with E-state index in [2.05, 4.69) is 48.5 Å². The molecule has 0 bridgehead atoms. The minimum absolute atomic E-state index is 0.00755. The molecule has 6 nitrogen and oxygen atoms in total. The van der Waals surface area contributed by atoms with Crippen LogP contribution in [0.1, 0.15) is 64.7 Å². The van der Waals surface area contributed by atoms with E-state index in [1.165, 1.54) is 5.56 Å². The standard InChI is InChI=1S/C28H31N3O3/c1-28(2,3)21-7-5-6-19(14-21)26(32)31-22-10-8-18-9-11-23(16-20(18)15-22)34-24-12-13-30-25(17-24)27(33)29-4/h5-7,9,11-14,16-17,22H,8,10,15H2,1-4H3,(H,29,33)(H,31,32). The number of pyridine rings is 1. The molecule has 1 aliphatic carbocycles. The molecule has 2 amide bonds. The zero-order valence-corrected chi connectivity index (χ0v) is 20.1. The van der Waals surface area contributed by atoms with Gasteiger partial charge in [0.1, 0.15) is 17.2 Å². The van der Waals surface area contributed by atoms with E-state index in [9.17, 15) is 9.59 Å². The van der Waals surface area contributed by atoms with Crippen molar-refractivity contribution >= 4 is 11.8 Å². The van der Waals surface area contributed by atoms with Gasteiger partial charge in [-0.3, -0.25) is 14.6 Å². The lowest BCUT2D eigenvalue weighted by Gasteiger charge is -2.26. The van der Waals surface area contributed by atoms with Crippen molar-refractivity contribution in [3.8, 4) is 11.5 Å². The van der Waals surface area contributed by atoms with Gasteiger partial charge >= 0.3 is 0 Å². The Balaban J connectivity index is 1.45. The lowest BCUT2D eigenvalue weighted by Crippen LogP contribution is -2.39. The van der Waals surface area contributed by atoms with Gasteiger partial charge in [0.05, 0.1) is 0 Å². The average Bonchev–Trinajstić information content (AvgIpc) is 2.83. The number of carbonyl (C=O) groups excluding carboxylic acids is 2. The molecule has 0 spiro atoms. The SMILES string of the molecule is CNC(=O)c1cc(Oc2ccc3c(c2)CC(NC(=O)c2cccc(C(C)(C)C)c2)CC3)ccn1. The first kappa shape index (κ1) is 23.5. The third-order valence-electron chi connectivity index (χ3n) is 6.16. The first-order valence-corrected chi connectivity index (χ1v) is 11.6. The largest absolute Gasteiger partial charge is 0.457 e. The first-order chi connectivity index (χ1) is 16.2. The highest BCUT2D eigenvalue weighted by Crippen LogP contribution is 2.29. The van der Waals surface area contributed by atoms with Crippen LogP contribution >= 0.6 is 0 Å². The number of benzene rings is 2. The third-order valence-corrected chi connectivity index (χ3v) is 6.16. The highest BCUT2D eigenvalue weighted by Gasteiger charge is 2.22. The van der Waals surface area contributed by atoms with Crippen molar-refractivity contribution in [1.82, 2.24) is 15.6 Å². The molecule has 0 fully saturated rings. The van der Waals surface area contributed by atoms with Crippen molar-refractivity contribution in [2.45, 2.75) is 51.5 Å². The molecule has 34 heavy (non-hydrogen) atoms. The number of fused-ring (bicyclic) bond motifs is 1. The zero-order chi connectivity index (χ0) is 24.3. The smallest absolute Gasteiger partial charge is 0.269 e. The number of nitrogens with one attached hydrogen (secondary N) is 2. The molecular formula is C28H31N3O3. The lowest BCUT2D eigenvalue weighted by atomic mass is 9.86. The predicted octanol–water partition coefficient (Wildman–Crippen LogP) is 4.82. The molecule has 1 unspecified atom stereocenters. The van der Waals surface area contributed by atoms with E-state index in [0.717, 1.165) is 30.4 Å². The molecule has 0 saturated carbocycles. The number of hydrogen-bond donors (Lipinski definition) is 2. The summed E-state index contributed by atoms with van der Waals surface area (Å²) in [7, 11) is 1.57. The number of nitrogens with zero attached hydrogens (tertiary/aromatic N) is 1. The fourth-order valence-electron chi connectivity index (χ4n) is 4.18. The van der Waals surface area contributed by atoms with Crippen LogP contribution in [0.5, 0.6) is 11.5 Å². The molecule has 2 aromatic carbocycles. The van der Waals surface area contributed by atoms with Gasteiger partial charge < -0.3 is 15.4 Å². The number of hydrogen-bond acceptors (Lipinski definition) is 4. The summed E-state index contributed by atoms with van der Waals surface area (Å²) < 4.78 is 6.00. The van der Waals surface area contributed by atoms with E-state index in [-0.39, 0.29) is 23.3 Å². The lowest BCUT2D eigenvalue weighted by molar-refractivity contribution is 0.0931. The number of amides is 2. The van der Waals surface area contributed by atoms with Crippen LogP contribution in [0.4, 0.5) is 0 Å². The van der Waals surface area contributed by atoms with Crippen molar-refractivity contribution in [3.05, 3.63) is 88.7 Å². The van der Waals surface area contributed by atoms with E-state index < -0.39 is 0 Å². The summed E-state index contributed by atoms with van der Waals surface area (Å²) in [6, 6.07) is 17.3. The highest BCUT2D eigenvalue weighted by molar-refractivity contribution is 5.94. The van der Waals surface area contributed by atoms with E-state index >= 15 is 0 Å². The van der Waals surface area contributed by atoms with Crippen LogP contribution in [0.25, 0.3) is 0 Å². The predicted molar refractivity (Wildman–Crippen MR) is 133 cm³/mol. The van der Waals surface area contributed by atoms with Crippen molar-refractivity contribution in [1.29, 1.82) is 0 Å². The molecule has 0 radical (unpaired) electrons. The van der Waals surface area contributed by atoms with Crippen LogP contribution in [-0.4, -0.2) is 29.9 Å². The molecule has 3 aromatic rings. The Morgan fingerprint density at radius 3 is 2.53 bits per heavy atom. The average molecular weight is 458 g/mol. The number of rotatable bonds is 5. The molecule has 1 heterocycles. The van der Waals surface area contributed by atoms with Gasteiger partial charge in [-0.15, -0.1) is 0 Å². The molecule has 2 N–H and O–H groups in total. The van der Waals surface area contributed by atoms with Gasteiger partial charge in [-0.25, -0.2) is 0 Å². The van der Waals surface area contributed by atoms with E-state index in [1.54, 1.807) is 25.4 Å². The maximum Gasteiger partial charge on any atom is 0.269 e. The van der Waals surface area contributed by atoms with Crippen LogP contribution in [0, 0.1) is 0 Å². The van der Waals surface area contributed by atoms with Gasteiger partial charge in [0.15, 0.2) is 0 Å². The van der Waals surface area contributed by atoms with Crippen molar-refractivity contribution in [3.63, 3.8) is 0 Å². The number of aromatic nitrogens is 1.